The highest BCUT2D eigenvalue weighted by atomic mass is 32.2. The van der Waals surface area contributed by atoms with Gasteiger partial charge in [-0.2, -0.15) is 0 Å². The monoisotopic (exact) mass is 424 g/mol. The molecule has 3 aromatic rings. The van der Waals surface area contributed by atoms with Crippen LogP contribution in [0.5, 0.6) is 0 Å². The molecule has 0 saturated carbocycles. The van der Waals surface area contributed by atoms with E-state index in [1.165, 1.54) is 4.31 Å². The molecule has 2 heterocycles. The maximum Gasteiger partial charge on any atom is 0.265 e. The summed E-state index contributed by atoms with van der Waals surface area (Å²) in [6, 6.07) is 12.7. The SMILES string of the molecule is CCc1ccc2c(c1)-c1ccccc1S(=O)(=O)N2CC(=O)NCCCn1ccnc1. The number of nitrogens with one attached hydrogen (secondary N) is 1. The van der Waals surface area contributed by atoms with Crippen LogP contribution in [-0.4, -0.2) is 37.0 Å². The molecule has 0 unspecified atom stereocenters. The van der Waals surface area contributed by atoms with Crippen LogP contribution in [0.15, 0.2) is 66.1 Å². The van der Waals surface area contributed by atoms with Gasteiger partial charge in [0.2, 0.25) is 5.91 Å². The van der Waals surface area contributed by atoms with Crippen LogP contribution in [0.25, 0.3) is 11.1 Å². The first kappa shape index (κ1) is 20.2. The average molecular weight is 425 g/mol. The van der Waals surface area contributed by atoms with Crippen LogP contribution in [0.2, 0.25) is 0 Å². The van der Waals surface area contributed by atoms with Gasteiger partial charge in [-0.05, 0) is 36.6 Å². The minimum Gasteiger partial charge on any atom is -0.354 e. The average Bonchev–Trinajstić information content (AvgIpc) is 3.27. The van der Waals surface area contributed by atoms with Gasteiger partial charge in [0.1, 0.15) is 6.54 Å². The fraction of sp³-hybridized carbons (Fsp3) is 0.273. The van der Waals surface area contributed by atoms with Gasteiger partial charge in [0.05, 0.1) is 16.9 Å². The Morgan fingerprint density at radius 3 is 2.73 bits per heavy atom. The number of hydrogen-bond acceptors (Lipinski definition) is 4. The van der Waals surface area contributed by atoms with Crippen molar-refractivity contribution in [2.45, 2.75) is 31.2 Å². The highest BCUT2D eigenvalue weighted by molar-refractivity contribution is 7.93. The Morgan fingerprint density at radius 2 is 1.97 bits per heavy atom. The van der Waals surface area contributed by atoms with Gasteiger partial charge in [-0.15, -0.1) is 0 Å². The van der Waals surface area contributed by atoms with Crippen molar-refractivity contribution in [2.75, 3.05) is 17.4 Å². The molecule has 1 N–H and O–H groups in total. The number of imidazole rings is 1. The second-order valence-corrected chi connectivity index (χ2v) is 9.05. The summed E-state index contributed by atoms with van der Waals surface area (Å²) < 4.78 is 29.7. The summed E-state index contributed by atoms with van der Waals surface area (Å²) in [5.74, 6) is -0.325. The molecule has 0 spiro atoms. The van der Waals surface area contributed by atoms with Gasteiger partial charge in [-0.1, -0.05) is 31.2 Å². The standard InChI is InChI=1S/C22H24N4O3S/c1-2-17-8-9-20-19(14-17)18-6-3-4-7-21(18)30(28,29)26(20)15-22(27)24-10-5-12-25-13-11-23-16-25/h3-4,6-9,11,13-14,16H,2,5,10,12,15H2,1H3,(H,24,27). The molecule has 1 aliphatic rings. The van der Waals surface area contributed by atoms with Crippen molar-refractivity contribution in [1.29, 1.82) is 0 Å². The molecule has 0 bridgehead atoms. The maximum atomic E-state index is 13.3. The van der Waals surface area contributed by atoms with E-state index in [1.54, 1.807) is 30.7 Å². The van der Waals surface area contributed by atoms with Crippen LogP contribution in [0, 0.1) is 0 Å². The molecule has 0 radical (unpaired) electrons. The lowest BCUT2D eigenvalue weighted by atomic mass is 9.99. The molecule has 7 nitrogen and oxygen atoms in total. The van der Waals surface area contributed by atoms with Crippen molar-refractivity contribution < 1.29 is 13.2 Å². The molecule has 1 aromatic heterocycles. The minimum atomic E-state index is -3.82. The summed E-state index contributed by atoms with van der Waals surface area (Å²) in [6.07, 6.45) is 6.87. The van der Waals surface area contributed by atoms with Crippen LogP contribution in [0.3, 0.4) is 0 Å². The molecule has 0 saturated heterocycles. The largest absolute Gasteiger partial charge is 0.354 e. The van der Waals surface area contributed by atoms with Crippen molar-refractivity contribution in [3.63, 3.8) is 0 Å². The van der Waals surface area contributed by atoms with E-state index in [-0.39, 0.29) is 17.3 Å². The van der Waals surface area contributed by atoms with Crippen LogP contribution in [0.4, 0.5) is 5.69 Å². The molecule has 30 heavy (non-hydrogen) atoms. The van der Waals surface area contributed by atoms with Gasteiger partial charge in [0.15, 0.2) is 0 Å². The van der Waals surface area contributed by atoms with E-state index in [0.717, 1.165) is 30.5 Å². The molecule has 156 valence electrons. The van der Waals surface area contributed by atoms with Gasteiger partial charge in [0.25, 0.3) is 10.0 Å². The lowest BCUT2D eigenvalue weighted by Gasteiger charge is -2.32. The van der Waals surface area contributed by atoms with Crippen LogP contribution < -0.4 is 9.62 Å². The number of aromatic nitrogens is 2. The van der Waals surface area contributed by atoms with E-state index in [1.807, 2.05) is 35.0 Å². The van der Waals surface area contributed by atoms with E-state index in [4.69, 9.17) is 0 Å². The Balaban J connectivity index is 1.54. The number of carbonyl (C=O) groups is 1. The fourth-order valence-corrected chi connectivity index (χ4v) is 5.31. The summed E-state index contributed by atoms with van der Waals surface area (Å²) >= 11 is 0. The third-order valence-corrected chi connectivity index (χ3v) is 7.06. The molecule has 2 aromatic carbocycles. The van der Waals surface area contributed by atoms with Gasteiger partial charge >= 0.3 is 0 Å². The lowest BCUT2D eigenvalue weighted by molar-refractivity contribution is -0.119. The van der Waals surface area contributed by atoms with Crippen LogP contribution >= 0.6 is 0 Å². The Morgan fingerprint density at radius 1 is 1.13 bits per heavy atom. The molecule has 0 aliphatic carbocycles. The Hall–Kier alpha value is -3.13. The summed E-state index contributed by atoms with van der Waals surface area (Å²) in [5.41, 5.74) is 3.18. The predicted molar refractivity (Wildman–Crippen MR) is 116 cm³/mol. The predicted octanol–water partition coefficient (Wildman–Crippen LogP) is 2.83. The number of nitrogens with zero attached hydrogens (tertiary/aromatic N) is 3. The number of carbonyl (C=O) groups excluding carboxylic acids is 1. The Labute approximate surface area is 176 Å². The molecule has 1 amide bonds. The molecule has 1 aliphatic heterocycles. The van der Waals surface area contributed by atoms with Gasteiger partial charge < -0.3 is 9.88 Å². The molecule has 0 fully saturated rings. The van der Waals surface area contributed by atoms with E-state index in [9.17, 15) is 13.2 Å². The molecule has 0 atom stereocenters. The normalized spacial score (nSPS) is 14.1. The number of anilines is 1. The number of hydrogen-bond donors (Lipinski definition) is 1. The number of sulfonamides is 1. The maximum absolute atomic E-state index is 13.3. The van der Waals surface area contributed by atoms with E-state index < -0.39 is 10.0 Å². The van der Waals surface area contributed by atoms with E-state index >= 15 is 0 Å². The quantitative estimate of drug-likeness (QED) is 0.591. The topological polar surface area (TPSA) is 84.3 Å². The number of fused-ring (bicyclic) bond motifs is 3. The first-order chi connectivity index (χ1) is 14.5. The number of aryl methyl sites for hydroxylation is 2. The third-order valence-electron chi connectivity index (χ3n) is 5.24. The third kappa shape index (κ3) is 3.82. The summed E-state index contributed by atoms with van der Waals surface area (Å²) in [4.78, 5) is 16.8. The van der Waals surface area contributed by atoms with Crippen molar-refractivity contribution >= 4 is 21.6 Å². The van der Waals surface area contributed by atoms with E-state index in [2.05, 4.69) is 17.2 Å². The zero-order chi connectivity index (χ0) is 21.1. The first-order valence-electron chi connectivity index (χ1n) is 9.98. The van der Waals surface area contributed by atoms with Crippen molar-refractivity contribution in [3.8, 4) is 11.1 Å². The number of benzene rings is 2. The molecule has 8 heteroatoms. The van der Waals surface area contributed by atoms with Crippen molar-refractivity contribution in [1.82, 2.24) is 14.9 Å². The summed E-state index contributed by atoms with van der Waals surface area (Å²) in [7, 11) is -3.82. The smallest absolute Gasteiger partial charge is 0.265 e. The zero-order valence-electron chi connectivity index (χ0n) is 16.8. The van der Waals surface area contributed by atoms with Crippen LogP contribution in [-0.2, 0) is 27.8 Å². The second kappa shape index (κ2) is 8.31. The van der Waals surface area contributed by atoms with Crippen molar-refractivity contribution in [2.24, 2.45) is 0 Å². The number of amides is 1. The fourth-order valence-electron chi connectivity index (χ4n) is 3.66. The molecule has 4 rings (SSSR count). The number of rotatable bonds is 7. The second-order valence-electron chi connectivity index (χ2n) is 7.22. The lowest BCUT2D eigenvalue weighted by Crippen LogP contribution is -2.42. The first-order valence-corrected chi connectivity index (χ1v) is 11.4. The Bertz CT molecular complexity index is 1160. The van der Waals surface area contributed by atoms with Gasteiger partial charge in [-0.25, -0.2) is 13.4 Å². The molecular weight excluding hydrogens is 400 g/mol. The highest BCUT2D eigenvalue weighted by Gasteiger charge is 2.35. The van der Waals surface area contributed by atoms with Crippen molar-refractivity contribution in [3.05, 3.63) is 66.7 Å². The zero-order valence-corrected chi connectivity index (χ0v) is 17.6. The minimum absolute atomic E-state index is 0.235. The van der Waals surface area contributed by atoms with E-state index in [0.29, 0.717) is 17.8 Å². The highest BCUT2D eigenvalue weighted by Crippen LogP contribution is 2.43. The summed E-state index contributed by atoms with van der Waals surface area (Å²) in [6.45, 7) is 3.00. The summed E-state index contributed by atoms with van der Waals surface area (Å²) in [5, 5.41) is 2.83. The Kier molecular flexibility index (Phi) is 5.59. The molecular formula is C22H24N4O3S. The van der Waals surface area contributed by atoms with Gasteiger partial charge in [-0.3, -0.25) is 9.10 Å². The van der Waals surface area contributed by atoms with Crippen LogP contribution in [0.1, 0.15) is 18.9 Å². The van der Waals surface area contributed by atoms with Gasteiger partial charge in [0, 0.05) is 36.6 Å².